The van der Waals surface area contributed by atoms with Crippen molar-refractivity contribution in [3.63, 3.8) is 0 Å². The molecule has 0 radical (unpaired) electrons. The van der Waals surface area contributed by atoms with Crippen LogP contribution in [0.15, 0.2) is 24.3 Å². The normalized spacial score (nSPS) is 14.4. The first-order valence-corrected chi connectivity index (χ1v) is 6.31. The fourth-order valence-electron chi connectivity index (χ4n) is 1.76. The zero-order valence-electron chi connectivity index (χ0n) is 10.9. The highest BCUT2D eigenvalue weighted by molar-refractivity contribution is 5.36. The highest BCUT2D eigenvalue weighted by Gasteiger charge is 2.16. The molecule has 2 atom stereocenters. The fraction of sp³-hybridized carbons (Fsp3) is 0.571. The Bertz CT molecular complexity index is 328. The molecule has 0 heterocycles. The molecular formula is C14H23NO2. The van der Waals surface area contributed by atoms with Crippen LogP contribution in [0, 0.1) is 0 Å². The van der Waals surface area contributed by atoms with E-state index in [2.05, 4.69) is 19.2 Å². The number of ether oxygens (including phenoxy) is 1. The summed E-state index contributed by atoms with van der Waals surface area (Å²) in [5, 5.41) is 12.9. The number of rotatable bonds is 7. The van der Waals surface area contributed by atoms with Crippen molar-refractivity contribution in [3.8, 4) is 5.75 Å². The van der Waals surface area contributed by atoms with Gasteiger partial charge in [0.2, 0.25) is 0 Å². The molecule has 0 aromatic heterocycles. The molecule has 0 saturated heterocycles. The molecule has 0 fully saturated rings. The molecule has 0 aliphatic carbocycles. The fourth-order valence-corrected chi connectivity index (χ4v) is 1.76. The molecule has 96 valence electrons. The predicted octanol–water partition coefficient (Wildman–Crippen LogP) is 2.51. The van der Waals surface area contributed by atoms with Crippen molar-refractivity contribution in [1.82, 2.24) is 5.32 Å². The van der Waals surface area contributed by atoms with Crippen LogP contribution in [0.3, 0.4) is 0 Å². The Labute approximate surface area is 104 Å². The van der Waals surface area contributed by atoms with Crippen LogP contribution in [0.5, 0.6) is 5.75 Å². The highest BCUT2D eigenvalue weighted by Crippen LogP contribution is 2.25. The van der Waals surface area contributed by atoms with Crippen molar-refractivity contribution in [2.75, 3.05) is 13.2 Å². The third kappa shape index (κ3) is 4.02. The summed E-state index contributed by atoms with van der Waals surface area (Å²) < 4.78 is 5.58. The van der Waals surface area contributed by atoms with Crippen LogP contribution >= 0.6 is 0 Å². The minimum Gasteiger partial charge on any atom is -0.494 e. The number of para-hydroxylation sites is 1. The predicted molar refractivity (Wildman–Crippen MR) is 70.3 cm³/mol. The number of hydrogen-bond donors (Lipinski definition) is 2. The van der Waals surface area contributed by atoms with E-state index < -0.39 is 0 Å². The van der Waals surface area contributed by atoms with E-state index in [1.807, 2.05) is 31.2 Å². The smallest absolute Gasteiger partial charge is 0.124 e. The second-order valence-corrected chi connectivity index (χ2v) is 4.18. The van der Waals surface area contributed by atoms with Gasteiger partial charge in [0.1, 0.15) is 5.75 Å². The van der Waals surface area contributed by atoms with Gasteiger partial charge in [0.25, 0.3) is 0 Å². The molecule has 0 aliphatic heterocycles. The molecule has 2 unspecified atom stereocenters. The molecule has 2 N–H and O–H groups in total. The van der Waals surface area contributed by atoms with Crippen LogP contribution in [-0.2, 0) is 0 Å². The third-order valence-corrected chi connectivity index (χ3v) is 2.87. The Morgan fingerprint density at radius 2 is 2.00 bits per heavy atom. The zero-order chi connectivity index (χ0) is 12.7. The van der Waals surface area contributed by atoms with Crippen molar-refractivity contribution < 1.29 is 9.84 Å². The van der Waals surface area contributed by atoms with Gasteiger partial charge in [-0.1, -0.05) is 25.1 Å². The van der Waals surface area contributed by atoms with Gasteiger partial charge in [-0.3, -0.25) is 0 Å². The molecule has 3 nitrogen and oxygen atoms in total. The minimum atomic E-state index is -0.0623. The standard InChI is InChI=1S/C14H23NO2/c1-4-11(3)15-13(10-16)12-8-6-7-9-14(12)17-5-2/h6-9,11,13,15-16H,4-5,10H2,1-3H3. The molecule has 3 heteroatoms. The van der Waals surface area contributed by atoms with Crippen LogP contribution in [0.1, 0.15) is 38.8 Å². The number of nitrogens with one attached hydrogen (secondary N) is 1. The first-order chi connectivity index (χ1) is 8.22. The lowest BCUT2D eigenvalue weighted by molar-refractivity contribution is 0.228. The first-order valence-electron chi connectivity index (χ1n) is 6.31. The van der Waals surface area contributed by atoms with E-state index in [1.165, 1.54) is 0 Å². The monoisotopic (exact) mass is 237 g/mol. The lowest BCUT2D eigenvalue weighted by atomic mass is 10.0. The van der Waals surface area contributed by atoms with Crippen LogP contribution < -0.4 is 10.1 Å². The van der Waals surface area contributed by atoms with Crippen molar-refractivity contribution in [1.29, 1.82) is 0 Å². The topological polar surface area (TPSA) is 41.5 Å². The number of aliphatic hydroxyl groups is 1. The van der Waals surface area contributed by atoms with Crippen molar-refractivity contribution >= 4 is 0 Å². The van der Waals surface area contributed by atoms with E-state index >= 15 is 0 Å². The molecule has 0 aliphatic rings. The Kier molecular flexibility index (Phi) is 6.01. The van der Waals surface area contributed by atoms with Crippen molar-refractivity contribution in [3.05, 3.63) is 29.8 Å². The van der Waals surface area contributed by atoms with E-state index in [1.54, 1.807) is 0 Å². The Morgan fingerprint density at radius 3 is 2.59 bits per heavy atom. The second-order valence-electron chi connectivity index (χ2n) is 4.18. The average Bonchev–Trinajstić information content (AvgIpc) is 2.37. The van der Waals surface area contributed by atoms with Crippen LogP contribution in [0.25, 0.3) is 0 Å². The molecule has 0 amide bonds. The molecule has 0 spiro atoms. The molecule has 17 heavy (non-hydrogen) atoms. The molecule has 0 bridgehead atoms. The van der Waals surface area contributed by atoms with Gasteiger partial charge in [-0.25, -0.2) is 0 Å². The number of hydrogen-bond acceptors (Lipinski definition) is 3. The summed E-state index contributed by atoms with van der Waals surface area (Å²) in [5.41, 5.74) is 1.03. The lowest BCUT2D eigenvalue weighted by Crippen LogP contribution is -2.32. The van der Waals surface area contributed by atoms with Gasteiger partial charge in [-0.15, -0.1) is 0 Å². The molecule has 0 saturated carbocycles. The molecule has 1 aromatic carbocycles. The largest absolute Gasteiger partial charge is 0.494 e. The minimum absolute atomic E-state index is 0.0623. The van der Waals surface area contributed by atoms with Gasteiger partial charge < -0.3 is 15.2 Å². The van der Waals surface area contributed by atoms with E-state index in [0.717, 1.165) is 17.7 Å². The maximum Gasteiger partial charge on any atom is 0.124 e. The van der Waals surface area contributed by atoms with Gasteiger partial charge in [-0.2, -0.15) is 0 Å². The highest BCUT2D eigenvalue weighted by atomic mass is 16.5. The van der Waals surface area contributed by atoms with Gasteiger partial charge in [0.05, 0.1) is 19.3 Å². The maximum atomic E-state index is 9.50. The van der Waals surface area contributed by atoms with Gasteiger partial charge >= 0.3 is 0 Å². The van der Waals surface area contributed by atoms with Gasteiger partial charge in [-0.05, 0) is 26.3 Å². The first kappa shape index (κ1) is 14.0. The van der Waals surface area contributed by atoms with Crippen LogP contribution in [0.4, 0.5) is 0 Å². The summed E-state index contributed by atoms with van der Waals surface area (Å²) >= 11 is 0. The quantitative estimate of drug-likeness (QED) is 0.765. The average molecular weight is 237 g/mol. The van der Waals surface area contributed by atoms with Crippen LogP contribution in [-0.4, -0.2) is 24.4 Å². The Hall–Kier alpha value is -1.06. The summed E-state index contributed by atoms with van der Waals surface area (Å²) in [6, 6.07) is 8.18. The molecule has 1 aromatic rings. The number of aliphatic hydroxyl groups excluding tert-OH is 1. The van der Waals surface area contributed by atoms with E-state index in [-0.39, 0.29) is 12.6 Å². The summed E-state index contributed by atoms with van der Waals surface area (Å²) in [7, 11) is 0. The summed E-state index contributed by atoms with van der Waals surface area (Å²) in [4.78, 5) is 0. The Morgan fingerprint density at radius 1 is 1.29 bits per heavy atom. The third-order valence-electron chi connectivity index (χ3n) is 2.87. The van der Waals surface area contributed by atoms with Gasteiger partial charge in [0, 0.05) is 11.6 Å². The van der Waals surface area contributed by atoms with Crippen molar-refractivity contribution in [2.45, 2.75) is 39.3 Å². The van der Waals surface area contributed by atoms with Gasteiger partial charge in [0.15, 0.2) is 0 Å². The van der Waals surface area contributed by atoms with Crippen LogP contribution in [0.2, 0.25) is 0 Å². The van der Waals surface area contributed by atoms with Crippen molar-refractivity contribution in [2.24, 2.45) is 0 Å². The maximum absolute atomic E-state index is 9.50. The number of benzene rings is 1. The zero-order valence-corrected chi connectivity index (χ0v) is 10.9. The molecule has 1 rings (SSSR count). The van der Waals surface area contributed by atoms with E-state index in [0.29, 0.717) is 12.6 Å². The molecular weight excluding hydrogens is 214 g/mol. The SMILES string of the molecule is CCOc1ccccc1C(CO)NC(C)CC. The Balaban J connectivity index is 2.86. The van der Waals surface area contributed by atoms with E-state index in [9.17, 15) is 5.11 Å². The summed E-state index contributed by atoms with van der Waals surface area (Å²) in [5.74, 6) is 0.852. The second kappa shape index (κ2) is 7.30. The summed E-state index contributed by atoms with van der Waals surface area (Å²) in [6.07, 6.45) is 1.04. The lowest BCUT2D eigenvalue weighted by Gasteiger charge is -2.23. The summed E-state index contributed by atoms with van der Waals surface area (Å²) in [6.45, 7) is 6.92. The van der Waals surface area contributed by atoms with E-state index in [4.69, 9.17) is 4.74 Å².